The number of piperidine rings is 1. The minimum absolute atomic E-state index is 0.0894. The van der Waals surface area contributed by atoms with Crippen LogP contribution in [0.4, 0.5) is 4.79 Å². The molecule has 2 aromatic rings. The van der Waals surface area contributed by atoms with E-state index in [0.29, 0.717) is 19.1 Å². The van der Waals surface area contributed by atoms with E-state index >= 15 is 0 Å². The predicted molar refractivity (Wildman–Crippen MR) is 137 cm³/mol. The van der Waals surface area contributed by atoms with Gasteiger partial charge in [-0.3, -0.25) is 14.5 Å². The summed E-state index contributed by atoms with van der Waals surface area (Å²) in [6.07, 6.45) is 6.51. The number of likely N-dealkylation sites (tertiary alicyclic amines) is 1. The van der Waals surface area contributed by atoms with Crippen molar-refractivity contribution in [3.05, 3.63) is 29.3 Å². The highest BCUT2D eigenvalue weighted by Crippen LogP contribution is 2.23. The molecule has 3 heterocycles. The first-order chi connectivity index (χ1) is 16.1. The van der Waals surface area contributed by atoms with Crippen LogP contribution in [0.15, 0.2) is 24.5 Å². The van der Waals surface area contributed by atoms with Crippen molar-refractivity contribution < 1.29 is 9.53 Å². The number of nitrogens with zero attached hydrogens (tertiary/aromatic N) is 6. The summed E-state index contributed by atoms with van der Waals surface area (Å²) in [5, 5.41) is 4.90. The van der Waals surface area contributed by atoms with Crippen molar-refractivity contribution in [3.63, 3.8) is 0 Å². The van der Waals surface area contributed by atoms with Gasteiger partial charge < -0.3 is 9.64 Å². The van der Waals surface area contributed by atoms with Gasteiger partial charge in [-0.25, -0.2) is 9.48 Å². The third-order valence-electron chi connectivity index (χ3n) is 5.95. The van der Waals surface area contributed by atoms with E-state index in [0.717, 1.165) is 55.1 Å². The van der Waals surface area contributed by atoms with Crippen molar-refractivity contribution in [1.82, 2.24) is 29.1 Å². The average Bonchev–Trinajstić information content (AvgIpc) is 3.07. The molecule has 0 aromatic carbocycles. The molecule has 3 rings (SSSR count). The predicted octanol–water partition coefficient (Wildman–Crippen LogP) is 5.20. The van der Waals surface area contributed by atoms with E-state index in [-0.39, 0.29) is 12.1 Å². The normalized spacial score (nSPS) is 17.2. The standard InChI is InChI=1S/C25H40N6O2S/c1-7-14-29-22(21-10-12-26-13-11-21)27-31(23(29)34)18-28-15-8-9-20(16-28)17-30(19(2)3)24(32)33-25(4,5)6/h10-13,19-20H,7-9,14-18H2,1-6H3. The second-order valence-electron chi connectivity index (χ2n) is 10.4. The molecule has 1 aliphatic heterocycles. The third kappa shape index (κ3) is 6.88. The summed E-state index contributed by atoms with van der Waals surface area (Å²) in [6, 6.07) is 4.04. The lowest BCUT2D eigenvalue weighted by Crippen LogP contribution is -2.47. The zero-order valence-electron chi connectivity index (χ0n) is 21.5. The van der Waals surface area contributed by atoms with Crippen LogP contribution in [0.5, 0.6) is 0 Å². The molecule has 2 aromatic heterocycles. The Morgan fingerprint density at radius 2 is 2.00 bits per heavy atom. The lowest BCUT2D eigenvalue weighted by atomic mass is 9.97. The summed E-state index contributed by atoms with van der Waals surface area (Å²) in [4.78, 5) is 21.2. The molecule has 1 unspecified atom stereocenters. The zero-order chi connectivity index (χ0) is 24.9. The summed E-state index contributed by atoms with van der Waals surface area (Å²) >= 11 is 5.82. The van der Waals surface area contributed by atoms with Crippen LogP contribution < -0.4 is 0 Å². The average molecular weight is 489 g/mol. The number of hydrogen-bond acceptors (Lipinski definition) is 6. The van der Waals surface area contributed by atoms with E-state index in [1.54, 1.807) is 12.4 Å². The number of amides is 1. The van der Waals surface area contributed by atoms with Crippen molar-refractivity contribution in [1.29, 1.82) is 0 Å². The third-order valence-corrected chi connectivity index (χ3v) is 6.38. The number of pyridine rings is 1. The van der Waals surface area contributed by atoms with Crippen LogP contribution in [0.1, 0.15) is 60.8 Å². The summed E-state index contributed by atoms with van der Waals surface area (Å²) in [5.74, 6) is 1.27. The minimum Gasteiger partial charge on any atom is -0.444 e. The van der Waals surface area contributed by atoms with Crippen molar-refractivity contribution in [3.8, 4) is 11.4 Å². The van der Waals surface area contributed by atoms with Crippen LogP contribution in [-0.2, 0) is 18.0 Å². The van der Waals surface area contributed by atoms with Gasteiger partial charge in [0.1, 0.15) is 5.60 Å². The molecule has 1 saturated heterocycles. The summed E-state index contributed by atoms with van der Waals surface area (Å²) in [5.41, 5.74) is 0.526. The fourth-order valence-corrected chi connectivity index (χ4v) is 4.66. The highest BCUT2D eigenvalue weighted by Gasteiger charge is 2.29. The quantitative estimate of drug-likeness (QED) is 0.476. The Morgan fingerprint density at radius 3 is 2.62 bits per heavy atom. The maximum absolute atomic E-state index is 12.8. The topological polar surface area (TPSA) is 68.4 Å². The molecule has 1 fully saturated rings. The molecule has 0 aliphatic carbocycles. The van der Waals surface area contributed by atoms with Crippen LogP contribution in [0.3, 0.4) is 0 Å². The molecule has 188 valence electrons. The molecule has 1 aliphatic rings. The molecule has 0 N–H and O–H groups in total. The Hall–Kier alpha value is -2.26. The van der Waals surface area contributed by atoms with Crippen LogP contribution >= 0.6 is 12.2 Å². The molecule has 0 bridgehead atoms. The summed E-state index contributed by atoms with van der Waals surface area (Å²) < 4.78 is 10.5. The fourth-order valence-electron chi connectivity index (χ4n) is 4.39. The van der Waals surface area contributed by atoms with Gasteiger partial charge in [0.2, 0.25) is 0 Å². The maximum atomic E-state index is 12.8. The summed E-state index contributed by atoms with van der Waals surface area (Å²) in [7, 11) is 0. The first kappa shape index (κ1) is 26.3. The number of aromatic nitrogens is 4. The molecule has 9 heteroatoms. The second-order valence-corrected chi connectivity index (χ2v) is 10.8. The molecule has 0 saturated carbocycles. The molecule has 0 radical (unpaired) electrons. The fraction of sp³-hybridized carbons (Fsp3) is 0.680. The highest BCUT2D eigenvalue weighted by molar-refractivity contribution is 7.71. The monoisotopic (exact) mass is 488 g/mol. The molecule has 0 spiro atoms. The van der Waals surface area contributed by atoms with E-state index < -0.39 is 5.60 Å². The van der Waals surface area contributed by atoms with Crippen LogP contribution in [-0.4, -0.2) is 66.5 Å². The van der Waals surface area contributed by atoms with Gasteiger partial charge in [0, 0.05) is 43.6 Å². The Kier molecular flexibility index (Phi) is 8.87. The van der Waals surface area contributed by atoms with Gasteiger partial charge in [0.25, 0.3) is 0 Å². The van der Waals surface area contributed by atoms with Gasteiger partial charge in [-0.2, -0.15) is 5.10 Å². The number of hydrogen-bond donors (Lipinski definition) is 0. The largest absolute Gasteiger partial charge is 0.444 e. The molecular formula is C25H40N6O2S. The molecular weight excluding hydrogens is 448 g/mol. The lowest BCUT2D eigenvalue weighted by molar-refractivity contribution is 0.0108. The Morgan fingerprint density at radius 1 is 1.29 bits per heavy atom. The maximum Gasteiger partial charge on any atom is 0.410 e. The van der Waals surface area contributed by atoms with Crippen molar-refractivity contribution in [2.45, 2.75) is 85.7 Å². The lowest BCUT2D eigenvalue weighted by Gasteiger charge is -2.37. The number of rotatable bonds is 8. The van der Waals surface area contributed by atoms with Crippen molar-refractivity contribution >= 4 is 18.3 Å². The van der Waals surface area contributed by atoms with Gasteiger partial charge in [-0.05, 0) is 90.7 Å². The van der Waals surface area contributed by atoms with Gasteiger partial charge in [-0.15, -0.1) is 0 Å². The number of carbonyl (C=O) groups is 1. The van der Waals surface area contributed by atoms with E-state index in [1.807, 2.05) is 56.3 Å². The van der Waals surface area contributed by atoms with Crippen LogP contribution in [0, 0.1) is 10.7 Å². The molecule has 1 atom stereocenters. The highest BCUT2D eigenvalue weighted by atomic mass is 32.1. The Labute approximate surface area is 208 Å². The zero-order valence-corrected chi connectivity index (χ0v) is 22.3. The minimum atomic E-state index is -0.497. The van der Waals surface area contributed by atoms with E-state index in [1.165, 1.54) is 0 Å². The number of carbonyl (C=O) groups excluding carboxylic acids is 1. The molecule has 1 amide bonds. The van der Waals surface area contributed by atoms with Crippen LogP contribution in [0.25, 0.3) is 11.4 Å². The Bertz CT molecular complexity index is 995. The first-order valence-electron chi connectivity index (χ1n) is 12.4. The van der Waals surface area contributed by atoms with E-state index in [4.69, 9.17) is 22.1 Å². The molecule has 8 nitrogen and oxygen atoms in total. The second kappa shape index (κ2) is 11.4. The van der Waals surface area contributed by atoms with Crippen molar-refractivity contribution in [2.75, 3.05) is 19.6 Å². The van der Waals surface area contributed by atoms with Crippen molar-refractivity contribution in [2.24, 2.45) is 5.92 Å². The van der Waals surface area contributed by atoms with Gasteiger partial charge in [-0.1, -0.05) is 6.92 Å². The van der Waals surface area contributed by atoms with Gasteiger partial charge in [0.05, 0.1) is 6.67 Å². The smallest absolute Gasteiger partial charge is 0.410 e. The van der Waals surface area contributed by atoms with Gasteiger partial charge >= 0.3 is 6.09 Å². The SMILES string of the molecule is CCCn1c(-c2ccncc2)nn(CN2CCCC(CN(C(=O)OC(C)(C)C)C(C)C)C2)c1=S. The van der Waals surface area contributed by atoms with E-state index in [9.17, 15) is 4.79 Å². The first-order valence-corrected chi connectivity index (χ1v) is 12.8. The Balaban J connectivity index is 1.72. The van der Waals surface area contributed by atoms with Gasteiger partial charge in [0.15, 0.2) is 10.6 Å². The number of ether oxygens (including phenoxy) is 1. The van der Waals surface area contributed by atoms with Crippen LogP contribution in [0.2, 0.25) is 0 Å². The van der Waals surface area contributed by atoms with E-state index in [2.05, 4.69) is 21.4 Å². The molecule has 34 heavy (non-hydrogen) atoms. The summed E-state index contributed by atoms with van der Waals surface area (Å²) in [6.45, 7) is 16.0.